The maximum Gasteiger partial charge on any atom is 0.235 e. The van der Waals surface area contributed by atoms with E-state index in [9.17, 15) is 4.79 Å². The molecule has 4 aromatic rings. The fraction of sp³-hybridized carbons (Fsp3) is 0.269. The predicted octanol–water partition coefficient (Wildman–Crippen LogP) is 5.17. The molecule has 1 saturated carbocycles. The Labute approximate surface area is 187 Å². The zero-order chi connectivity index (χ0) is 22.5. The number of anilines is 2. The van der Waals surface area contributed by atoms with Crippen LogP contribution in [0, 0.1) is 0 Å². The van der Waals surface area contributed by atoms with Crippen LogP contribution in [-0.4, -0.2) is 21.1 Å². The number of amides is 1. The summed E-state index contributed by atoms with van der Waals surface area (Å²) in [6, 6.07) is 20.0. The summed E-state index contributed by atoms with van der Waals surface area (Å²) < 4.78 is 0. The molecule has 0 unspecified atom stereocenters. The second kappa shape index (κ2) is 7.19. The van der Waals surface area contributed by atoms with Gasteiger partial charge in [-0.2, -0.15) is 5.10 Å². The molecule has 162 valence electrons. The van der Waals surface area contributed by atoms with E-state index in [-0.39, 0.29) is 11.3 Å². The van der Waals surface area contributed by atoms with Gasteiger partial charge >= 0.3 is 0 Å². The molecule has 0 radical (unpaired) electrons. The van der Waals surface area contributed by atoms with Gasteiger partial charge in [-0.15, -0.1) is 0 Å². The Hall–Kier alpha value is -3.67. The zero-order valence-electron chi connectivity index (χ0n) is 18.6. The molecule has 0 atom stereocenters. The number of fused-ring (bicyclic) bond motifs is 1. The maximum atomic E-state index is 13.0. The normalized spacial score (nSPS) is 15.0. The van der Waals surface area contributed by atoms with Crippen LogP contribution in [0.4, 0.5) is 11.5 Å². The van der Waals surface area contributed by atoms with Crippen LogP contribution in [0.2, 0.25) is 0 Å². The van der Waals surface area contributed by atoms with Gasteiger partial charge in [0.1, 0.15) is 0 Å². The number of rotatable bonds is 4. The lowest BCUT2D eigenvalue weighted by Crippen LogP contribution is -2.27. The van der Waals surface area contributed by atoms with Gasteiger partial charge in [0, 0.05) is 16.8 Å². The van der Waals surface area contributed by atoms with Crippen molar-refractivity contribution in [2.75, 3.05) is 11.1 Å². The Balaban J connectivity index is 1.45. The minimum Gasteiger partial charge on any atom is -0.382 e. The minimum absolute atomic E-state index is 0.0526. The molecule has 2 heterocycles. The number of hydrogen-bond donors (Lipinski definition) is 3. The third-order valence-corrected chi connectivity index (χ3v) is 6.29. The molecule has 1 fully saturated rings. The number of nitrogens with zero attached hydrogens (tertiary/aromatic N) is 2. The number of aromatic nitrogens is 3. The average Bonchev–Trinajstić information content (AvgIpc) is 3.52. The number of nitrogen functional groups attached to an aromatic ring is 1. The van der Waals surface area contributed by atoms with Gasteiger partial charge in [-0.3, -0.25) is 9.89 Å². The van der Waals surface area contributed by atoms with Crippen LogP contribution in [0.3, 0.4) is 0 Å². The molecule has 6 nitrogen and oxygen atoms in total. The number of aromatic amines is 1. The lowest BCUT2D eigenvalue weighted by atomic mass is 9.89. The summed E-state index contributed by atoms with van der Waals surface area (Å²) in [6.07, 6.45) is 1.76. The Morgan fingerprint density at radius 2 is 1.75 bits per heavy atom. The van der Waals surface area contributed by atoms with Crippen molar-refractivity contribution in [2.45, 2.75) is 44.4 Å². The summed E-state index contributed by atoms with van der Waals surface area (Å²) in [5.74, 6) is 0.482. The summed E-state index contributed by atoms with van der Waals surface area (Å²) in [6.45, 7) is 6.39. The third-order valence-electron chi connectivity index (χ3n) is 6.29. The summed E-state index contributed by atoms with van der Waals surface area (Å²) in [5, 5.41) is 11.0. The number of carbonyl (C=O) groups excluding carboxylic acids is 1. The van der Waals surface area contributed by atoms with Crippen LogP contribution in [0.25, 0.3) is 22.2 Å². The van der Waals surface area contributed by atoms with E-state index in [1.165, 1.54) is 0 Å². The molecule has 2 aromatic heterocycles. The van der Waals surface area contributed by atoms with Crippen molar-refractivity contribution in [3.63, 3.8) is 0 Å². The fourth-order valence-corrected chi connectivity index (χ4v) is 4.18. The molecule has 1 aliphatic carbocycles. The van der Waals surface area contributed by atoms with Crippen molar-refractivity contribution >= 4 is 28.4 Å². The molecule has 1 aliphatic rings. The molecular weight excluding hydrogens is 398 g/mol. The highest BCUT2D eigenvalue weighted by atomic mass is 16.2. The molecule has 0 aliphatic heterocycles. The van der Waals surface area contributed by atoms with Crippen LogP contribution < -0.4 is 11.1 Å². The smallest absolute Gasteiger partial charge is 0.235 e. The molecule has 6 heteroatoms. The predicted molar refractivity (Wildman–Crippen MR) is 128 cm³/mol. The van der Waals surface area contributed by atoms with Gasteiger partial charge in [-0.1, -0.05) is 63.2 Å². The monoisotopic (exact) mass is 425 g/mol. The summed E-state index contributed by atoms with van der Waals surface area (Å²) >= 11 is 0. The average molecular weight is 426 g/mol. The third kappa shape index (κ3) is 3.42. The van der Waals surface area contributed by atoms with E-state index < -0.39 is 5.41 Å². The molecule has 4 N–H and O–H groups in total. The van der Waals surface area contributed by atoms with Gasteiger partial charge in [-0.25, -0.2) is 4.98 Å². The van der Waals surface area contributed by atoms with Crippen molar-refractivity contribution in [3.8, 4) is 11.1 Å². The number of nitrogens with two attached hydrogens (primary N) is 1. The first-order valence-corrected chi connectivity index (χ1v) is 10.9. The first-order chi connectivity index (χ1) is 15.3. The quantitative estimate of drug-likeness (QED) is 0.420. The standard InChI is InChI=1S/C26H27N5O/c1-25(2,3)20-15-19(21-22(27)30-31-23(21)29-20)16-9-11-18(12-10-16)28-24(32)26(13-14-26)17-7-5-4-6-8-17/h4-12,15H,13-14H2,1-3H3,(H,28,32)(H3,27,29,30,31). The molecular formula is C26H27N5O. The molecule has 32 heavy (non-hydrogen) atoms. The molecule has 0 bridgehead atoms. The molecule has 0 saturated heterocycles. The number of nitrogens with one attached hydrogen (secondary N) is 2. The van der Waals surface area contributed by atoms with E-state index in [4.69, 9.17) is 10.7 Å². The van der Waals surface area contributed by atoms with Gasteiger partial charge in [-0.05, 0) is 47.7 Å². The number of pyridine rings is 1. The largest absolute Gasteiger partial charge is 0.382 e. The minimum atomic E-state index is -0.399. The first kappa shape index (κ1) is 20.2. The topological polar surface area (TPSA) is 96.7 Å². The van der Waals surface area contributed by atoms with Crippen LogP contribution in [-0.2, 0) is 15.6 Å². The van der Waals surface area contributed by atoms with Crippen LogP contribution in [0.1, 0.15) is 44.9 Å². The van der Waals surface area contributed by atoms with E-state index in [1.54, 1.807) is 0 Å². The highest BCUT2D eigenvalue weighted by Gasteiger charge is 2.51. The summed E-state index contributed by atoms with van der Waals surface area (Å²) in [4.78, 5) is 17.8. The van der Waals surface area contributed by atoms with Crippen LogP contribution >= 0.6 is 0 Å². The van der Waals surface area contributed by atoms with E-state index in [2.05, 4.69) is 42.4 Å². The molecule has 1 amide bonds. The number of benzene rings is 2. The van der Waals surface area contributed by atoms with Crippen LogP contribution in [0.15, 0.2) is 60.7 Å². The van der Waals surface area contributed by atoms with E-state index in [0.29, 0.717) is 11.5 Å². The highest BCUT2D eigenvalue weighted by Crippen LogP contribution is 2.49. The Bertz CT molecular complexity index is 1300. The van der Waals surface area contributed by atoms with Crippen molar-refractivity contribution in [3.05, 3.63) is 71.9 Å². The van der Waals surface area contributed by atoms with Gasteiger partial charge in [0.15, 0.2) is 11.5 Å². The highest BCUT2D eigenvalue weighted by molar-refractivity contribution is 6.02. The Kier molecular flexibility index (Phi) is 4.55. The SMILES string of the molecule is CC(C)(C)c1cc(-c2ccc(NC(=O)C3(c4ccccc4)CC3)cc2)c2c(N)n[nH]c2n1. The van der Waals surface area contributed by atoms with E-state index >= 15 is 0 Å². The van der Waals surface area contributed by atoms with Gasteiger partial charge in [0.25, 0.3) is 0 Å². The lowest BCUT2D eigenvalue weighted by molar-refractivity contribution is -0.118. The van der Waals surface area contributed by atoms with Crippen molar-refractivity contribution < 1.29 is 4.79 Å². The fourth-order valence-electron chi connectivity index (χ4n) is 4.18. The Morgan fingerprint density at radius 3 is 2.38 bits per heavy atom. The molecule has 5 rings (SSSR count). The summed E-state index contributed by atoms with van der Waals surface area (Å²) in [5.41, 5.74) is 11.1. The molecule has 0 spiro atoms. The van der Waals surface area contributed by atoms with Crippen molar-refractivity contribution in [1.29, 1.82) is 0 Å². The van der Waals surface area contributed by atoms with Crippen LogP contribution in [0.5, 0.6) is 0 Å². The van der Waals surface area contributed by atoms with Gasteiger partial charge < -0.3 is 11.1 Å². The second-order valence-corrected chi connectivity index (χ2v) is 9.62. The number of carbonyl (C=O) groups is 1. The maximum absolute atomic E-state index is 13.0. The van der Waals surface area contributed by atoms with Crippen molar-refractivity contribution in [2.24, 2.45) is 0 Å². The first-order valence-electron chi connectivity index (χ1n) is 10.9. The van der Waals surface area contributed by atoms with Gasteiger partial charge in [0.05, 0.1) is 10.8 Å². The second-order valence-electron chi connectivity index (χ2n) is 9.62. The van der Waals surface area contributed by atoms with E-state index in [0.717, 1.165) is 46.3 Å². The summed E-state index contributed by atoms with van der Waals surface area (Å²) in [7, 11) is 0. The molecule has 2 aromatic carbocycles. The van der Waals surface area contributed by atoms with Gasteiger partial charge in [0.2, 0.25) is 5.91 Å². The van der Waals surface area contributed by atoms with E-state index in [1.807, 2.05) is 54.6 Å². The number of hydrogen-bond acceptors (Lipinski definition) is 4. The number of H-pyrrole nitrogens is 1. The Morgan fingerprint density at radius 1 is 1.06 bits per heavy atom. The zero-order valence-corrected chi connectivity index (χ0v) is 18.6. The van der Waals surface area contributed by atoms with Crippen molar-refractivity contribution in [1.82, 2.24) is 15.2 Å². The lowest BCUT2D eigenvalue weighted by Gasteiger charge is -2.19.